The van der Waals surface area contributed by atoms with Crippen LogP contribution in [0.1, 0.15) is 46.5 Å². The van der Waals surface area contributed by atoms with Crippen molar-refractivity contribution in [3.8, 4) is 0 Å². The first-order chi connectivity index (χ1) is 7.84. The molecule has 0 radical (unpaired) electrons. The monoisotopic (exact) mass is 238 g/mol. The van der Waals surface area contributed by atoms with Gasteiger partial charge in [0.2, 0.25) is 0 Å². The van der Waals surface area contributed by atoms with Crippen LogP contribution in [0.2, 0.25) is 0 Å². The Balaban J connectivity index is 1.94. The molecule has 1 aliphatic carbocycles. The molecule has 1 saturated carbocycles. The molecule has 17 heavy (non-hydrogen) atoms. The van der Waals surface area contributed by atoms with Crippen LogP contribution in [0.3, 0.4) is 0 Å². The molecule has 2 saturated heterocycles. The van der Waals surface area contributed by atoms with E-state index in [1.807, 2.05) is 0 Å². The second-order valence-corrected chi connectivity index (χ2v) is 6.95. The summed E-state index contributed by atoms with van der Waals surface area (Å²) in [6, 6.07) is 0. The second-order valence-electron chi connectivity index (χ2n) is 6.95. The number of carbonyl (C=O) groups excluding carboxylic acids is 1. The summed E-state index contributed by atoms with van der Waals surface area (Å²) in [5.74, 6) is 1.09. The van der Waals surface area contributed by atoms with Crippen LogP contribution in [0.25, 0.3) is 0 Å². The number of hydrogen-bond acceptors (Lipinski definition) is 3. The standard InChI is InChI=1S/C14H22O3/c1-13(2)7-8-9(13)6-12(16)14(3)11(15)5-4-10(8)17-14/h8-11,15H,4-7H2,1-3H3. The van der Waals surface area contributed by atoms with E-state index in [1.54, 1.807) is 6.92 Å². The molecule has 3 rings (SSSR count). The van der Waals surface area contributed by atoms with E-state index < -0.39 is 11.7 Å². The second kappa shape index (κ2) is 3.33. The molecule has 0 aromatic carbocycles. The van der Waals surface area contributed by atoms with Crippen molar-refractivity contribution in [1.82, 2.24) is 0 Å². The zero-order chi connectivity index (χ0) is 12.4. The molecule has 5 atom stereocenters. The summed E-state index contributed by atoms with van der Waals surface area (Å²) < 4.78 is 5.99. The van der Waals surface area contributed by atoms with E-state index in [9.17, 15) is 9.90 Å². The lowest BCUT2D eigenvalue weighted by Crippen LogP contribution is -2.54. The maximum absolute atomic E-state index is 12.3. The van der Waals surface area contributed by atoms with E-state index in [0.717, 1.165) is 12.8 Å². The quantitative estimate of drug-likeness (QED) is 0.701. The smallest absolute Gasteiger partial charge is 0.167 e. The van der Waals surface area contributed by atoms with Gasteiger partial charge in [-0.3, -0.25) is 4.79 Å². The molecule has 2 aliphatic heterocycles. The number of aliphatic hydroxyl groups excluding tert-OH is 1. The van der Waals surface area contributed by atoms with Crippen molar-refractivity contribution in [2.75, 3.05) is 0 Å². The minimum Gasteiger partial charge on any atom is -0.390 e. The SMILES string of the molecule is CC1(C)CC2C3CCC(O)C(C)(O3)C(=O)CC21. The lowest BCUT2D eigenvalue weighted by atomic mass is 9.52. The first-order valence-corrected chi connectivity index (χ1v) is 6.74. The van der Waals surface area contributed by atoms with E-state index in [-0.39, 0.29) is 17.3 Å². The molecule has 3 aliphatic rings. The van der Waals surface area contributed by atoms with Crippen molar-refractivity contribution in [2.45, 2.75) is 64.3 Å². The van der Waals surface area contributed by atoms with E-state index in [1.165, 1.54) is 0 Å². The lowest BCUT2D eigenvalue weighted by molar-refractivity contribution is -0.203. The molecule has 3 fully saturated rings. The predicted molar refractivity (Wildman–Crippen MR) is 63.5 cm³/mol. The van der Waals surface area contributed by atoms with Gasteiger partial charge in [-0.1, -0.05) is 13.8 Å². The van der Waals surface area contributed by atoms with Gasteiger partial charge in [-0.2, -0.15) is 0 Å². The van der Waals surface area contributed by atoms with Crippen LogP contribution < -0.4 is 0 Å². The molecule has 3 nitrogen and oxygen atoms in total. The maximum atomic E-state index is 12.3. The highest BCUT2D eigenvalue weighted by Crippen LogP contribution is 2.58. The summed E-state index contributed by atoms with van der Waals surface area (Å²) in [5, 5.41) is 10.1. The van der Waals surface area contributed by atoms with Crippen LogP contribution in [0, 0.1) is 17.3 Å². The van der Waals surface area contributed by atoms with Crippen LogP contribution >= 0.6 is 0 Å². The molecule has 2 bridgehead atoms. The average Bonchev–Trinajstić information content (AvgIpc) is 2.33. The summed E-state index contributed by atoms with van der Waals surface area (Å²) in [6.45, 7) is 6.27. The number of rotatable bonds is 0. The molecule has 1 N–H and O–H groups in total. The Morgan fingerprint density at radius 2 is 2.00 bits per heavy atom. The Labute approximate surface area is 103 Å². The van der Waals surface area contributed by atoms with Crippen molar-refractivity contribution in [2.24, 2.45) is 17.3 Å². The molecule has 3 heteroatoms. The number of fused-ring (bicyclic) bond motifs is 4. The van der Waals surface area contributed by atoms with Gasteiger partial charge in [0.15, 0.2) is 5.78 Å². The average molecular weight is 238 g/mol. The Morgan fingerprint density at radius 1 is 1.29 bits per heavy atom. The fourth-order valence-electron chi connectivity index (χ4n) is 4.14. The lowest BCUT2D eigenvalue weighted by Gasteiger charge is -2.53. The van der Waals surface area contributed by atoms with Crippen molar-refractivity contribution in [1.29, 1.82) is 0 Å². The van der Waals surface area contributed by atoms with E-state index in [4.69, 9.17) is 4.74 Å². The van der Waals surface area contributed by atoms with Gasteiger partial charge in [0.05, 0.1) is 12.2 Å². The number of ketones is 1. The van der Waals surface area contributed by atoms with Crippen LogP contribution in [0.15, 0.2) is 0 Å². The van der Waals surface area contributed by atoms with E-state index >= 15 is 0 Å². The zero-order valence-electron chi connectivity index (χ0n) is 10.9. The largest absolute Gasteiger partial charge is 0.390 e. The molecule has 5 unspecified atom stereocenters. The predicted octanol–water partition coefficient (Wildman–Crippen LogP) is 1.92. The topological polar surface area (TPSA) is 46.5 Å². The number of hydrogen-bond donors (Lipinski definition) is 1. The normalized spacial score (nSPS) is 52.4. The van der Waals surface area contributed by atoms with Gasteiger partial charge in [0.25, 0.3) is 0 Å². The number of aliphatic hydroxyl groups is 1. The summed E-state index contributed by atoms with van der Waals surface area (Å²) >= 11 is 0. The molecular formula is C14H22O3. The van der Waals surface area contributed by atoms with E-state index in [0.29, 0.717) is 24.7 Å². The molecular weight excluding hydrogens is 216 g/mol. The van der Waals surface area contributed by atoms with Crippen molar-refractivity contribution in [3.63, 3.8) is 0 Å². The van der Waals surface area contributed by atoms with Gasteiger partial charge in [0.1, 0.15) is 5.60 Å². The van der Waals surface area contributed by atoms with Crippen LogP contribution in [0.4, 0.5) is 0 Å². The number of carbonyl (C=O) groups is 1. The van der Waals surface area contributed by atoms with Crippen LogP contribution in [-0.2, 0) is 9.53 Å². The maximum Gasteiger partial charge on any atom is 0.167 e. The molecule has 0 aromatic rings. The first-order valence-electron chi connectivity index (χ1n) is 6.74. The minimum atomic E-state index is -0.934. The Hall–Kier alpha value is -0.410. The van der Waals surface area contributed by atoms with Crippen molar-refractivity contribution >= 4 is 5.78 Å². The molecule has 96 valence electrons. The van der Waals surface area contributed by atoms with E-state index in [2.05, 4.69) is 13.8 Å². The van der Waals surface area contributed by atoms with Gasteiger partial charge in [-0.15, -0.1) is 0 Å². The summed E-state index contributed by atoms with van der Waals surface area (Å²) in [7, 11) is 0. The number of ether oxygens (including phenoxy) is 1. The third-order valence-corrected chi connectivity index (χ3v) is 5.48. The summed E-state index contributed by atoms with van der Waals surface area (Å²) in [6.07, 6.45) is 2.92. The van der Waals surface area contributed by atoms with Crippen molar-refractivity contribution in [3.05, 3.63) is 0 Å². The van der Waals surface area contributed by atoms with Gasteiger partial charge >= 0.3 is 0 Å². The third-order valence-electron chi connectivity index (χ3n) is 5.48. The van der Waals surface area contributed by atoms with Crippen LogP contribution in [0.5, 0.6) is 0 Å². The molecule has 2 heterocycles. The molecule has 0 amide bonds. The van der Waals surface area contributed by atoms with Crippen LogP contribution in [-0.4, -0.2) is 28.7 Å². The first kappa shape index (κ1) is 11.7. The Morgan fingerprint density at radius 3 is 2.65 bits per heavy atom. The zero-order valence-corrected chi connectivity index (χ0v) is 10.9. The highest BCUT2D eigenvalue weighted by molar-refractivity contribution is 5.88. The molecule has 0 aromatic heterocycles. The highest BCUT2D eigenvalue weighted by atomic mass is 16.5. The fourth-order valence-corrected chi connectivity index (χ4v) is 4.14. The Bertz CT molecular complexity index is 362. The Kier molecular flexibility index (Phi) is 2.28. The fraction of sp³-hybridized carbons (Fsp3) is 0.929. The van der Waals surface area contributed by atoms with Gasteiger partial charge < -0.3 is 9.84 Å². The minimum absolute atomic E-state index is 0.106. The van der Waals surface area contributed by atoms with Gasteiger partial charge in [-0.05, 0) is 43.4 Å². The summed E-state index contributed by atoms with van der Waals surface area (Å²) in [5.41, 5.74) is -0.668. The van der Waals surface area contributed by atoms with Gasteiger partial charge in [-0.25, -0.2) is 0 Å². The van der Waals surface area contributed by atoms with Gasteiger partial charge in [0, 0.05) is 6.42 Å². The third kappa shape index (κ3) is 1.45. The number of Topliss-reactive ketones (excluding diaryl/α,β-unsaturated/α-hetero) is 1. The van der Waals surface area contributed by atoms with Crippen molar-refractivity contribution < 1.29 is 14.6 Å². The summed E-state index contributed by atoms with van der Waals surface area (Å²) in [4.78, 5) is 12.3. The molecule has 0 spiro atoms. The highest BCUT2D eigenvalue weighted by Gasteiger charge is 2.59.